The van der Waals surface area contributed by atoms with E-state index in [0.29, 0.717) is 10.5 Å². The smallest absolute Gasteiger partial charge is 0.0514 e. The first kappa shape index (κ1) is 18.4. The van der Waals surface area contributed by atoms with Crippen molar-refractivity contribution in [2.45, 2.75) is 20.3 Å². The molecule has 0 heterocycles. The maximum Gasteiger partial charge on any atom is 0.0514 e. The van der Waals surface area contributed by atoms with E-state index < -0.39 is 0 Å². The largest absolute Gasteiger partial charge is 0.116 e. The van der Waals surface area contributed by atoms with Crippen LogP contribution in [-0.2, 0) is 0 Å². The quantitative estimate of drug-likeness (QED) is 0.312. The molecular formula is C24H16Cl2S2. The Kier molecular flexibility index (Phi) is 5.06. The molecule has 4 aromatic rings. The van der Waals surface area contributed by atoms with Crippen LogP contribution in [0.3, 0.4) is 0 Å². The Morgan fingerprint density at radius 2 is 0.964 bits per heavy atom. The highest BCUT2D eigenvalue weighted by molar-refractivity contribution is 8.03. The van der Waals surface area contributed by atoms with Gasteiger partial charge in [0.25, 0.3) is 0 Å². The monoisotopic (exact) mass is 438 g/mol. The molecule has 0 N–H and O–H groups in total. The Balaban J connectivity index is 1.58. The zero-order valence-corrected chi connectivity index (χ0v) is 18.0. The molecule has 0 aliphatic heterocycles. The average molecular weight is 439 g/mol. The fourth-order valence-corrected chi connectivity index (χ4v) is 6.72. The molecule has 0 spiro atoms. The van der Waals surface area contributed by atoms with Crippen molar-refractivity contribution >= 4 is 57.5 Å². The van der Waals surface area contributed by atoms with E-state index >= 15 is 0 Å². The highest BCUT2D eigenvalue weighted by Gasteiger charge is 2.35. The van der Waals surface area contributed by atoms with Gasteiger partial charge in [-0.15, -0.1) is 23.5 Å². The van der Waals surface area contributed by atoms with Crippen LogP contribution >= 0.6 is 46.7 Å². The Labute approximate surface area is 183 Å². The fourth-order valence-electron chi connectivity index (χ4n) is 3.77. The molecule has 4 aromatic carbocycles. The molecule has 0 nitrogen and oxygen atoms in total. The summed E-state index contributed by atoms with van der Waals surface area (Å²) in [6.07, 6.45) is 0. The molecule has 0 amide bonds. The highest BCUT2D eigenvalue weighted by atomic mass is 35.5. The highest BCUT2D eigenvalue weighted by Crippen LogP contribution is 2.59. The van der Waals surface area contributed by atoms with Gasteiger partial charge in [-0.2, -0.15) is 0 Å². The van der Waals surface area contributed by atoms with E-state index in [2.05, 4.69) is 60.7 Å². The Morgan fingerprint density at radius 3 is 1.39 bits per heavy atom. The summed E-state index contributed by atoms with van der Waals surface area (Å²) in [5.41, 5.74) is 2.83. The second kappa shape index (κ2) is 7.68. The van der Waals surface area contributed by atoms with Crippen LogP contribution in [-0.4, -0.2) is 0 Å². The molecule has 0 bridgehead atoms. The minimum Gasteiger partial charge on any atom is -0.116 e. The van der Waals surface area contributed by atoms with E-state index in [1.54, 1.807) is 0 Å². The second-order valence-corrected chi connectivity index (χ2v) is 10.1. The zero-order valence-electron chi connectivity index (χ0n) is 14.8. The molecule has 138 valence electrons. The van der Waals surface area contributed by atoms with Crippen molar-refractivity contribution in [3.63, 3.8) is 0 Å². The van der Waals surface area contributed by atoms with Crippen molar-refractivity contribution in [3.8, 4) is 0 Å². The molecule has 4 heteroatoms. The summed E-state index contributed by atoms with van der Waals surface area (Å²) in [6.45, 7) is 0. The van der Waals surface area contributed by atoms with Gasteiger partial charge in [-0.1, -0.05) is 59.6 Å². The molecule has 1 aliphatic carbocycles. The van der Waals surface area contributed by atoms with E-state index in [-0.39, 0.29) is 0 Å². The fraction of sp³-hybridized carbons (Fsp3) is 0.0833. The maximum atomic E-state index is 6.09. The average Bonchev–Trinajstić information content (AvgIpc) is 3.01. The minimum atomic E-state index is 0.336. The summed E-state index contributed by atoms with van der Waals surface area (Å²) in [5, 5.41) is 4.94. The normalized spacial score (nSPS) is 17.9. The number of hydrogen-bond donors (Lipinski definition) is 0. The first-order chi connectivity index (χ1) is 13.7. The number of rotatable bonds is 4. The predicted octanol–water partition coefficient (Wildman–Crippen LogP) is 8.83. The molecule has 28 heavy (non-hydrogen) atoms. The number of thioether (sulfide) groups is 2. The van der Waals surface area contributed by atoms with Crippen molar-refractivity contribution < 1.29 is 0 Å². The topological polar surface area (TPSA) is 0 Å². The molecule has 0 saturated carbocycles. The summed E-state index contributed by atoms with van der Waals surface area (Å²) in [7, 11) is 0. The Bertz CT molecular complexity index is 1050. The van der Waals surface area contributed by atoms with Crippen LogP contribution in [0.2, 0.25) is 10.0 Å². The molecule has 0 saturated heterocycles. The minimum absolute atomic E-state index is 0.336. The number of halogens is 2. The van der Waals surface area contributed by atoms with Gasteiger partial charge < -0.3 is 0 Å². The third-order valence-electron chi connectivity index (χ3n) is 5.01. The molecule has 0 fully saturated rings. The van der Waals surface area contributed by atoms with Gasteiger partial charge in [-0.3, -0.25) is 0 Å². The Morgan fingerprint density at radius 1 is 0.536 bits per heavy atom. The summed E-state index contributed by atoms with van der Waals surface area (Å²) in [6, 6.07) is 29.6. The zero-order chi connectivity index (χ0) is 19.1. The first-order valence-corrected chi connectivity index (χ1v) is 11.6. The molecule has 0 unspecified atom stereocenters. The summed E-state index contributed by atoms with van der Waals surface area (Å²) >= 11 is 16.0. The standard InChI is InChI=1S/C24H16Cl2S2/c25-16-7-11-18(12-8-16)27-23-20-5-1-3-15-4-2-6-21(22(15)20)24(23)28-19-13-9-17(26)10-14-19/h1-14,23-24H/t23-,24+. The van der Waals surface area contributed by atoms with Gasteiger partial charge in [0.1, 0.15) is 0 Å². The lowest BCUT2D eigenvalue weighted by molar-refractivity contribution is 0.959. The molecule has 0 radical (unpaired) electrons. The molecule has 2 atom stereocenters. The summed E-state index contributed by atoms with van der Waals surface area (Å²) < 4.78 is 0. The third-order valence-corrected chi connectivity index (χ3v) is 8.34. The van der Waals surface area contributed by atoms with Gasteiger partial charge in [-0.05, 0) is 70.4 Å². The van der Waals surface area contributed by atoms with Crippen molar-refractivity contribution in [2.24, 2.45) is 0 Å². The number of hydrogen-bond acceptors (Lipinski definition) is 2. The van der Waals surface area contributed by atoms with E-state index in [1.807, 2.05) is 47.8 Å². The lowest BCUT2D eigenvalue weighted by Gasteiger charge is -2.21. The number of benzene rings is 4. The Hall–Kier alpha value is -1.58. The van der Waals surface area contributed by atoms with E-state index in [4.69, 9.17) is 23.2 Å². The van der Waals surface area contributed by atoms with Gasteiger partial charge in [0.15, 0.2) is 0 Å². The van der Waals surface area contributed by atoms with Crippen molar-refractivity contribution in [1.29, 1.82) is 0 Å². The second-order valence-electron chi connectivity index (χ2n) is 6.78. The first-order valence-electron chi connectivity index (χ1n) is 9.05. The lowest BCUT2D eigenvalue weighted by atomic mass is 10.1. The van der Waals surface area contributed by atoms with Crippen LogP contribution in [0.4, 0.5) is 0 Å². The van der Waals surface area contributed by atoms with Crippen molar-refractivity contribution in [3.05, 3.63) is 106 Å². The van der Waals surface area contributed by atoms with Crippen molar-refractivity contribution in [2.75, 3.05) is 0 Å². The maximum absolute atomic E-state index is 6.09. The predicted molar refractivity (Wildman–Crippen MR) is 124 cm³/mol. The van der Waals surface area contributed by atoms with Crippen LogP contribution in [0.5, 0.6) is 0 Å². The van der Waals surface area contributed by atoms with Gasteiger partial charge >= 0.3 is 0 Å². The third kappa shape index (κ3) is 3.44. The van der Waals surface area contributed by atoms with Crippen LogP contribution < -0.4 is 0 Å². The van der Waals surface area contributed by atoms with E-state index in [1.165, 1.54) is 31.7 Å². The van der Waals surface area contributed by atoms with Gasteiger partial charge in [-0.25, -0.2) is 0 Å². The van der Waals surface area contributed by atoms with Crippen LogP contribution in [0.15, 0.2) is 94.7 Å². The molecule has 5 rings (SSSR count). The van der Waals surface area contributed by atoms with Gasteiger partial charge in [0, 0.05) is 19.8 Å². The van der Waals surface area contributed by atoms with Crippen LogP contribution in [0.25, 0.3) is 10.8 Å². The van der Waals surface area contributed by atoms with Crippen molar-refractivity contribution in [1.82, 2.24) is 0 Å². The SMILES string of the molecule is Clc1ccc(S[C@@H]2c3cccc4cccc(c34)[C@@H]2Sc2ccc(Cl)cc2)cc1. The van der Waals surface area contributed by atoms with Crippen LogP contribution in [0.1, 0.15) is 21.6 Å². The molecule has 0 aromatic heterocycles. The lowest BCUT2D eigenvalue weighted by Crippen LogP contribution is -1.98. The molecular weight excluding hydrogens is 423 g/mol. The van der Waals surface area contributed by atoms with E-state index in [9.17, 15) is 0 Å². The van der Waals surface area contributed by atoms with Gasteiger partial charge in [0.2, 0.25) is 0 Å². The molecule has 1 aliphatic rings. The van der Waals surface area contributed by atoms with E-state index in [0.717, 1.165) is 10.0 Å². The summed E-state index contributed by atoms with van der Waals surface area (Å²) in [5.74, 6) is 0. The van der Waals surface area contributed by atoms with Gasteiger partial charge in [0.05, 0.1) is 10.5 Å². The summed E-state index contributed by atoms with van der Waals surface area (Å²) in [4.78, 5) is 2.47. The van der Waals surface area contributed by atoms with Crippen LogP contribution in [0, 0.1) is 0 Å².